The lowest BCUT2D eigenvalue weighted by molar-refractivity contribution is -0.0837. The summed E-state index contributed by atoms with van der Waals surface area (Å²) in [5, 5.41) is 12.6. The van der Waals surface area contributed by atoms with Gasteiger partial charge in [0.05, 0.1) is 11.3 Å². The molecule has 1 aromatic rings. The molecule has 0 bridgehead atoms. The van der Waals surface area contributed by atoms with Crippen molar-refractivity contribution in [2.24, 2.45) is 5.41 Å². The van der Waals surface area contributed by atoms with Gasteiger partial charge in [-0.25, -0.2) is 4.79 Å². The number of carboxylic acid groups (broad SMARTS) is 1. The molecule has 3 fully saturated rings. The van der Waals surface area contributed by atoms with Gasteiger partial charge in [-0.05, 0) is 43.2 Å². The van der Waals surface area contributed by atoms with Crippen molar-refractivity contribution in [1.82, 2.24) is 15.2 Å². The van der Waals surface area contributed by atoms with Crippen LogP contribution in [0.2, 0.25) is 0 Å². The van der Waals surface area contributed by atoms with Crippen molar-refractivity contribution >= 4 is 5.97 Å². The van der Waals surface area contributed by atoms with E-state index in [4.69, 9.17) is 5.11 Å². The van der Waals surface area contributed by atoms with Gasteiger partial charge in [0.2, 0.25) is 0 Å². The fourth-order valence-corrected chi connectivity index (χ4v) is 3.83. The van der Waals surface area contributed by atoms with Gasteiger partial charge in [0, 0.05) is 37.9 Å². The summed E-state index contributed by atoms with van der Waals surface area (Å²) in [5.41, 5.74) is 1.78. The van der Waals surface area contributed by atoms with Crippen LogP contribution in [0, 0.1) is 5.41 Å². The van der Waals surface area contributed by atoms with Crippen molar-refractivity contribution < 1.29 is 9.90 Å². The molecule has 0 amide bonds. The molecule has 4 rings (SSSR count). The van der Waals surface area contributed by atoms with Crippen molar-refractivity contribution in [2.75, 3.05) is 13.1 Å². The second-order valence-electron chi connectivity index (χ2n) is 7.03. The maximum Gasteiger partial charge on any atom is 0.337 e. The maximum atomic E-state index is 10.8. The number of hydrogen-bond acceptors (Lipinski definition) is 4. The number of nitrogens with zero attached hydrogens (tertiary/aromatic N) is 2. The Balaban J connectivity index is 1.24. The van der Waals surface area contributed by atoms with E-state index in [0.717, 1.165) is 37.4 Å². The largest absolute Gasteiger partial charge is 0.478 e. The lowest BCUT2D eigenvalue weighted by Gasteiger charge is -2.59. The van der Waals surface area contributed by atoms with Crippen LogP contribution in [-0.4, -0.2) is 46.1 Å². The number of carboxylic acids is 1. The van der Waals surface area contributed by atoms with Crippen LogP contribution in [0.25, 0.3) is 0 Å². The van der Waals surface area contributed by atoms with Gasteiger partial charge in [0.1, 0.15) is 0 Å². The quantitative estimate of drug-likeness (QED) is 0.859. The topological polar surface area (TPSA) is 65.5 Å². The minimum atomic E-state index is -0.916. The van der Waals surface area contributed by atoms with Crippen molar-refractivity contribution in [3.05, 3.63) is 29.6 Å². The predicted octanol–water partition coefficient (Wildman–Crippen LogP) is 1.50. The first-order valence-corrected chi connectivity index (χ1v) is 7.79. The van der Waals surface area contributed by atoms with Crippen LogP contribution in [0.1, 0.15) is 41.7 Å². The minimum absolute atomic E-state index is 0.256. The van der Waals surface area contributed by atoms with Gasteiger partial charge < -0.3 is 10.4 Å². The summed E-state index contributed by atoms with van der Waals surface area (Å²) in [4.78, 5) is 17.4. The molecule has 2 aliphatic carbocycles. The van der Waals surface area contributed by atoms with E-state index in [1.54, 1.807) is 6.07 Å². The van der Waals surface area contributed by atoms with Gasteiger partial charge in [-0.1, -0.05) is 0 Å². The van der Waals surface area contributed by atoms with Gasteiger partial charge in [-0.3, -0.25) is 9.88 Å². The van der Waals surface area contributed by atoms with Crippen LogP contribution in [0.3, 0.4) is 0 Å². The van der Waals surface area contributed by atoms with Gasteiger partial charge in [-0.2, -0.15) is 0 Å². The zero-order valence-electron chi connectivity index (χ0n) is 12.1. The van der Waals surface area contributed by atoms with Crippen LogP contribution in [0.5, 0.6) is 0 Å². The summed E-state index contributed by atoms with van der Waals surface area (Å²) in [6, 6.07) is 5.04. The Kier molecular flexibility index (Phi) is 3.01. The normalized spacial score (nSPS) is 24.6. The highest BCUT2D eigenvalue weighted by Gasteiger charge is 2.52. The molecule has 1 aromatic heterocycles. The summed E-state index contributed by atoms with van der Waals surface area (Å²) >= 11 is 0. The third-order valence-corrected chi connectivity index (χ3v) is 4.98. The molecule has 0 radical (unpaired) electrons. The molecule has 0 aromatic carbocycles. The number of hydrogen-bond donors (Lipinski definition) is 2. The number of pyridine rings is 1. The zero-order valence-corrected chi connectivity index (χ0v) is 12.1. The molecule has 1 saturated heterocycles. The number of carbonyl (C=O) groups is 1. The first-order chi connectivity index (χ1) is 10.1. The fourth-order valence-electron chi connectivity index (χ4n) is 3.83. The highest BCUT2D eigenvalue weighted by atomic mass is 16.4. The molecule has 21 heavy (non-hydrogen) atoms. The van der Waals surface area contributed by atoms with Gasteiger partial charge in [0.15, 0.2) is 0 Å². The lowest BCUT2D eigenvalue weighted by atomic mass is 9.60. The van der Waals surface area contributed by atoms with Gasteiger partial charge >= 0.3 is 5.97 Å². The molecule has 2 saturated carbocycles. The molecule has 112 valence electrons. The summed E-state index contributed by atoms with van der Waals surface area (Å²) in [6.45, 7) is 3.17. The average molecular weight is 287 g/mol. The summed E-state index contributed by atoms with van der Waals surface area (Å²) in [7, 11) is 0. The molecule has 2 N–H and O–H groups in total. The molecular weight excluding hydrogens is 266 g/mol. The van der Waals surface area contributed by atoms with Crippen molar-refractivity contribution in [3.8, 4) is 0 Å². The van der Waals surface area contributed by atoms with E-state index in [0.29, 0.717) is 5.41 Å². The molecule has 3 aliphatic rings. The third-order valence-electron chi connectivity index (χ3n) is 4.98. The predicted molar refractivity (Wildman–Crippen MR) is 78.1 cm³/mol. The van der Waals surface area contributed by atoms with Crippen LogP contribution in [0.4, 0.5) is 0 Å². The van der Waals surface area contributed by atoms with E-state index in [1.807, 2.05) is 6.07 Å². The molecule has 1 aliphatic heterocycles. The first kappa shape index (κ1) is 13.2. The Morgan fingerprint density at radius 3 is 2.67 bits per heavy atom. The molecule has 0 unspecified atom stereocenters. The van der Waals surface area contributed by atoms with Crippen molar-refractivity contribution in [2.45, 2.75) is 44.3 Å². The molecule has 2 heterocycles. The van der Waals surface area contributed by atoms with E-state index in [2.05, 4.69) is 15.2 Å². The highest BCUT2D eigenvalue weighted by Crippen LogP contribution is 2.49. The SMILES string of the molecule is O=C(O)c1ccc(CN2CC3(CC(NC4CC4)C3)C2)nc1. The number of likely N-dealkylation sites (tertiary alicyclic amines) is 1. The van der Waals surface area contributed by atoms with E-state index >= 15 is 0 Å². The second-order valence-corrected chi connectivity index (χ2v) is 7.03. The highest BCUT2D eigenvalue weighted by molar-refractivity contribution is 5.87. The zero-order chi connectivity index (χ0) is 14.4. The Bertz CT molecular complexity index is 539. The van der Waals surface area contributed by atoms with Gasteiger partial charge in [0.25, 0.3) is 0 Å². The van der Waals surface area contributed by atoms with E-state index in [9.17, 15) is 4.79 Å². The van der Waals surface area contributed by atoms with Crippen molar-refractivity contribution in [1.29, 1.82) is 0 Å². The lowest BCUT2D eigenvalue weighted by Crippen LogP contribution is -2.65. The van der Waals surface area contributed by atoms with Crippen LogP contribution in [0.15, 0.2) is 18.3 Å². The van der Waals surface area contributed by atoms with Gasteiger partial charge in [-0.15, -0.1) is 0 Å². The number of nitrogens with one attached hydrogen (secondary N) is 1. The Labute approximate surface area is 124 Å². The standard InChI is InChI=1S/C16H21N3O2/c20-15(21)11-1-2-13(17-7-11)8-19-9-16(10-19)5-14(6-16)18-12-3-4-12/h1-2,7,12,14,18H,3-6,8-10H2,(H,20,21). The Morgan fingerprint density at radius 2 is 2.10 bits per heavy atom. The van der Waals surface area contributed by atoms with E-state index in [-0.39, 0.29) is 5.56 Å². The second kappa shape index (κ2) is 4.78. The van der Waals surface area contributed by atoms with E-state index < -0.39 is 5.97 Å². The first-order valence-electron chi connectivity index (χ1n) is 7.79. The molecule has 5 heteroatoms. The Hall–Kier alpha value is -1.46. The number of rotatable bonds is 5. The summed E-state index contributed by atoms with van der Waals surface area (Å²) < 4.78 is 0. The smallest absolute Gasteiger partial charge is 0.337 e. The summed E-state index contributed by atoms with van der Waals surface area (Å²) in [5.74, 6) is -0.916. The van der Waals surface area contributed by atoms with Crippen molar-refractivity contribution in [3.63, 3.8) is 0 Å². The van der Waals surface area contributed by atoms with E-state index in [1.165, 1.54) is 31.9 Å². The van der Waals surface area contributed by atoms with Crippen LogP contribution in [-0.2, 0) is 6.54 Å². The molecular formula is C16H21N3O2. The fraction of sp³-hybridized carbons (Fsp3) is 0.625. The maximum absolute atomic E-state index is 10.8. The summed E-state index contributed by atoms with van der Waals surface area (Å²) in [6.07, 6.45) is 6.84. The number of aromatic carboxylic acids is 1. The Morgan fingerprint density at radius 1 is 1.33 bits per heavy atom. The molecule has 1 spiro atoms. The third kappa shape index (κ3) is 2.68. The minimum Gasteiger partial charge on any atom is -0.478 e. The van der Waals surface area contributed by atoms with Crippen LogP contribution < -0.4 is 5.32 Å². The molecule has 5 nitrogen and oxygen atoms in total. The monoisotopic (exact) mass is 287 g/mol. The van der Waals surface area contributed by atoms with Crippen LogP contribution >= 0.6 is 0 Å². The average Bonchev–Trinajstić information content (AvgIpc) is 3.18. The molecule has 0 atom stereocenters. The number of aromatic nitrogens is 1.